The van der Waals surface area contributed by atoms with Crippen LogP contribution >= 0.6 is 11.3 Å². The van der Waals surface area contributed by atoms with Gasteiger partial charge in [0.25, 0.3) is 0 Å². The number of hydrogen-bond donors (Lipinski definition) is 1. The van der Waals surface area contributed by atoms with Crippen LogP contribution in [0.4, 0.5) is 0 Å². The van der Waals surface area contributed by atoms with Gasteiger partial charge in [-0.25, -0.2) is 0 Å². The molecule has 0 bridgehead atoms. The van der Waals surface area contributed by atoms with Crippen molar-refractivity contribution in [3.05, 3.63) is 21.9 Å². The molecule has 4 heteroatoms. The lowest BCUT2D eigenvalue weighted by Crippen LogP contribution is -2.48. The van der Waals surface area contributed by atoms with E-state index in [9.17, 15) is 0 Å². The van der Waals surface area contributed by atoms with Crippen LogP contribution in [-0.4, -0.2) is 43.3 Å². The summed E-state index contributed by atoms with van der Waals surface area (Å²) in [4.78, 5) is 5.28. The van der Waals surface area contributed by atoms with Gasteiger partial charge in [0.15, 0.2) is 0 Å². The smallest absolute Gasteiger partial charge is 0.0826 e. The molecule has 2 heterocycles. The van der Waals surface area contributed by atoms with Gasteiger partial charge in [-0.15, -0.1) is 11.3 Å². The molecule has 0 aromatic carbocycles. The van der Waals surface area contributed by atoms with Gasteiger partial charge in [-0.3, -0.25) is 4.90 Å². The second kappa shape index (κ2) is 6.66. The summed E-state index contributed by atoms with van der Waals surface area (Å²) in [6.45, 7) is 11.5. The predicted molar refractivity (Wildman–Crippen MR) is 77.2 cm³/mol. The minimum absolute atomic E-state index is 0.335. The van der Waals surface area contributed by atoms with E-state index in [-0.39, 0.29) is 0 Å². The van der Waals surface area contributed by atoms with Gasteiger partial charge in [0.05, 0.1) is 12.7 Å². The van der Waals surface area contributed by atoms with Crippen LogP contribution in [0.15, 0.2) is 12.1 Å². The van der Waals surface area contributed by atoms with Crippen molar-refractivity contribution in [3.63, 3.8) is 0 Å². The fraction of sp³-hybridized carbons (Fsp3) is 0.714. The average Bonchev–Trinajstić information content (AvgIpc) is 2.75. The SMILES string of the molecule is Cc1ccc(CNCC2CN(C(C)C)CCO2)s1. The number of nitrogens with zero attached hydrogens (tertiary/aromatic N) is 1. The first-order valence-electron chi connectivity index (χ1n) is 6.77. The first-order chi connectivity index (χ1) is 8.65. The third kappa shape index (κ3) is 4.05. The van der Waals surface area contributed by atoms with E-state index in [4.69, 9.17) is 4.74 Å². The molecule has 1 unspecified atom stereocenters. The summed E-state index contributed by atoms with van der Waals surface area (Å²) in [5.74, 6) is 0. The Bertz CT molecular complexity index is 364. The molecule has 1 saturated heterocycles. The third-order valence-corrected chi connectivity index (χ3v) is 4.37. The first kappa shape index (κ1) is 14.0. The van der Waals surface area contributed by atoms with E-state index >= 15 is 0 Å². The Morgan fingerprint density at radius 1 is 1.50 bits per heavy atom. The van der Waals surface area contributed by atoms with Gasteiger partial charge in [0.2, 0.25) is 0 Å². The van der Waals surface area contributed by atoms with Crippen LogP contribution in [-0.2, 0) is 11.3 Å². The van der Waals surface area contributed by atoms with Crippen molar-refractivity contribution in [2.75, 3.05) is 26.2 Å². The van der Waals surface area contributed by atoms with Gasteiger partial charge >= 0.3 is 0 Å². The van der Waals surface area contributed by atoms with Crippen molar-refractivity contribution >= 4 is 11.3 Å². The highest BCUT2D eigenvalue weighted by Crippen LogP contribution is 2.14. The van der Waals surface area contributed by atoms with Crippen LogP contribution in [0.25, 0.3) is 0 Å². The molecule has 102 valence electrons. The molecule has 1 fully saturated rings. The molecular formula is C14H24N2OS. The molecule has 0 saturated carbocycles. The number of rotatable bonds is 5. The summed E-state index contributed by atoms with van der Waals surface area (Å²) < 4.78 is 5.80. The predicted octanol–water partition coefficient (Wildman–Crippen LogP) is 2.26. The summed E-state index contributed by atoms with van der Waals surface area (Å²) in [5, 5.41) is 3.50. The van der Waals surface area contributed by atoms with E-state index in [0.717, 1.165) is 32.8 Å². The summed E-state index contributed by atoms with van der Waals surface area (Å²) in [5.41, 5.74) is 0. The molecular weight excluding hydrogens is 244 g/mol. The Labute approximate surface area is 114 Å². The van der Waals surface area contributed by atoms with Gasteiger partial charge in [-0.05, 0) is 32.9 Å². The number of morpholine rings is 1. The fourth-order valence-corrected chi connectivity index (χ4v) is 3.13. The molecule has 1 N–H and O–H groups in total. The zero-order valence-electron chi connectivity index (χ0n) is 11.6. The molecule has 0 spiro atoms. The minimum atomic E-state index is 0.335. The van der Waals surface area contributed by atoms with Crippen LogP contribution < -0.4 is 5.32 Å². The Hall–Kier alpha value is -0.420. The number of hydrogen-bond acceptors (Lipinski definition) is 4. The van der Waals surface area contributed by atoms with Gasteiger partial charge in [-0.2, -0.15) is 0 Å². The van der Waals surface area contributed by atoms with E-state index in [1.165, 1.54) is 9.75 Å². The summed E-state index contributed by atoms with van der Waals surface area (Å²) >= 11 is 1.87. The van der Waals surface area contributed by atoms with Crippen LogP contribution in [0, 0.1) is 6.92 Å². The molecule has 0 radical (unpaired) electrons. The highest BCUT2D eigenvalue weighted by molar-refractivity contribution is 7.11. The van der Waals surface area contributed by atoms with E-state index < -0.39 is 0 Å². The summed E-state index contributed by atoms with van der Waals surface area (Å²) in [7, 11) is 0. The highest BCUT2D eigenvalue weighted by Gasteiger charge is 2.21. The zero-order chi connectivity index (χ0) is 13.0. The monoisotopic (exact) mass is 268 g/mol. The van der Waals surface area contributed by atoms with Gasteiger partial charge < -0.3 is 10.1 Å². The molecule has 0 aliphatic carbocycles. The lowest BCUT2D eigenvalue weighted by molar-refractivity contribution is -0.0372. The molecule has 3 nitrogen and oxygen atoms in total. The number of thiophene rings is 1. The quantitative estimate of drug-likeness (QED) is 0.886. The molecule has 18 heavy (non-hydrogen) atoms. The maximum absolute atomic E-state index is 5.80. The van der Waals surface area contributed by atoms with E-state index in [2.05, 4.69) is 43.1 Å². The highest BCUT2D eigenvalue weighted by atomic mass is 32.1. The minimum Gasteiger partial charge on any atom is -0.374 e. The van der Waals surface area contributed by atoms with Crippen LogP contribution in [0.5, 0.6) is 0 Å². The maximum atomic E-state index is 5.80. The molecule has 1 aromatic heterocycles. The standard InChI is InChI=1S/C14H24N2OS/c1-11(2)16-6-7-17-13(10-16)8-15-9-14-5-4-12(3)18-14/h4-5,11,13,15H,6-10H2,1-3H3. The molecule has 1 aliphatic heterocycles. The number of nitrogens with one attached hydrogen (secondary N) is 1. The first-order valence-corrected chi connectivity index (χ1v) is 7.58. The van der Waals surface area contributed by atoms with Crippen molar-refractivity contribution in [2.24, 2.45) is 0 Å². The van der Waals surface area contributed by atoms with Crippen molar-refractivity contribution < 1.29 is 4.74 Å². The molecule has 1 aromatic rings. The fourth-order valence-electron chi connectivity index (χ4n) is 2.27. The normalized spacial score (nSPS) is 21.7. The maximum Gasteiger partial charge on any atom is 0.0826 e. The van der Waals surface area contributed by atoms with Crippen LogP contribution in [0.2, 0.25) is 0 Å². The second-order valence-corrected chi connectivity index (χ2v) is 6.60. The molecule has 2 rings (SSSR count). The average molecular weight is 268 g/mol. The zero-order valence-corrected chi connectivity index (χ0v) is 12.4. The van der Waals surface area contributed by atoms with Crippen molar-refractivity contribution in [2.45, 2.75) is 39.5 Å². The molecule has 1 atom stereocenters. The van der Waals surface area contributed by atoms with E-state index in [1.807, 2.05) is 11.3 Å². The lowest BCUT2D eigenvalue weighted by Gasteiger charge is -2.35. The third-order valence-electron chi connectivity index (χ3n) is 3.37. The van der Waals surface area contributed by atoms with Crippen LogP contribution in [0.1, 0.15) is 23.6 Å². The number of aryl methyl sites for hydroxylation is 1. The Morgan fingerprint density at radius 2 is 2.33 bits per heavy atom. The lowest BCUT2D eigenvalue weighted by atomic mass is 10.2. The van der Waals surface area contributed by atoms with Gasteiger partial charge in [0.1, 0.15) is 0 Å². The molecule has 1 aliphatic rings. The number of ether oxygens (including phenoxy) is 1. The van der Waals surface area contributed by atoms with Crippen molar-refractivity contribution in [1.29, 1.82) is 0 Å². The van der Waals surface area contributed by atoms with Gasteiger partial charge in [0, 0.05) is 42.0 Å². The van der Waals surface area contributed by atoms with E-state index in [1.54, 1.807) is 0 Å². The molecule has 0 amide bonds. The Morgan fingerprint density at radius 3 is 3.00 bits per heavy atom. The summed E-state index contributed by atoms with van der Waals surface area (Å²) in [6.07, 6.45) is 0.335. The summed E-state index contributed by atoms with van der Waals surface area (Å²) in [6, 6.07) is 5.00. The van der Waals surface area contributed by atoms with Crippen molar-refractivity contribution in [3.8, 4) is 0 Å². The largest absolute Gasteiger partial charge is 0.374 e. The van der Waals surface area contributed by atoms with Crippen LogP contribution in [0.3, 0.4) is 0 Å². The Balaban J connectivity index is 1.70. The second-order valence-electron chi connectivity index (χ2n) is 5.22. The van der Waals surface area contributed by atoms with E-state index in [0.29, 0.717) is 12.1 Å². The topological polar surface area (TPSA) is 24.5 Å². The van der Waals surface area contributed by atoms with Crippen molar-refractivity contribution in [1.82, 2.24) is 10.2 Å². The van der Waals surface area contributed by atoms with Gasteiger partial charge in [-0.1, -0.05) is 0 Å². The Kier molecular flexibility index (Phi) is 5.18.